The van der Waals surface area contributed by atoms with Crippen LogP contribution in [-0.4, -0.2) is 71.8 Å². The first-order chi connectivity index (χ1) is 14.0. The summed E-state index contributed by atoms with van der Waals surface area (Å²) in [5.74, 6) is -0.129. The molecule has 158 valence electrons. The second kappa shape index (κ2) is 10.5. The Morgan fingerprint density at radius 2 is 1.83 bits per heavy atom. The Bertz CT molecular complexity index is 762. The van der Waals surface area contributed by atoms with Crippen molar-refractivity contribution < 1.29 is 9.59 Å². The van der Waals surface area contributed by atoms with E-state index in [1.54, 1.807) is 29.2 Å². The topological polar surface area (TPSA) is 43.9 Å². The monoisotopic (exact) mass is 437 g/mol. The third kappa shape index (κ3) is 5.97. The van der Waals surface area contributed by atoms with Crippen LogP contribution in [-0.2, 0) is 9.59 Å². The largest absolute Gasteiger partial charge is 0.339 e. The van der Waals surface area contributed by atoms with E-state index in [-0.39, 0.29) is 11.8 Å². The van der Waals surface area contributed by atoms with E-state index in [1.807, 2.05) is 11.8 Å². The van der Waals surface area contributed by atoms with E-state index in [4.69, 9.17) is 23.2 Å². The summed E-state index contributed by atoms with van der Waals surface area (Å²) in [4.78, 5) is 31.4. The molecule has 0 aromatic heterocycles. The number of hydrogen-bond donors (Lipinski definition) is 0. The molecular weight excluding hydrogens is 409 g/mol. The van der Waals surface area contributed by atoms with Gasteiger partial charge in [0.25, 0.3) is 0 Å². The fourth-order valence-electron chi connectivity index (χ4n) is 4.00. The Kier molecular flexibility index (Phi) is 7.99. The zero-order valence-corrected chi connectivity index (χ0v) is 18.5. The fourth-order valence-corrected chi connectivity index (χ4v) is 4.31. The van der Waals surface area contributed by atoms with Gasteiger partial charge in [-0.25, -0.2) is 0 Å². The number of carbonyl (C=O) groups excluding carboxylic acids is 2. The van der Waals surface area contributed by atoms with Gasteiger partial charge in [0, 0.05) is 25.7 Å². The molecule has 7 heteroatoms. The molecule has 2 saturated heterocycles. The lowest BCUT2D eigenvalue weighted by atomic mass is 10.1. The number of nitrogens with zero attached hydrogens (tertiary/aromatic N) is 3. The molecule has 5 nitrogen and oxygen atoms in total. The zero-order chi connectivity index (χ0) is 20.8. The van der Waals surface area contributed by atoms with Crippen molar-refractivity contribution in [1.82, 2.24) is 14.7 Å². The first-order valence-electron chi connectivity index (χ1n) is 10.4. The van der Waals surface area contributed by atoms with Gasteiger partial charge in [0.15, 0.2) is 0 Å². The summed E-state index contributed by atoms with van der Waals surface area (Å²) in [5.41, 5.74) is 0.795. The fraction of sp³-hybridized carbons (Fsp3) is 0.545. The van der Waals surface area contributed by atoms with Crippen LogP contribution in [0.1, 0.15) is 38.2 Å². The van der Waals surface area contributed by atoms with Crippen molar-refractivity contribution in [2.24, 2.45) is 0 Å². The molecule has 3 rings (SSSR count). The van der Waals surface area contributed by atoms with Crippen molar-refractivity contribution in [1.29, 1.82) is 0 Å². The minimum Gasteiger partial charge on any atom is -0.339 e. The highest BCUT2D eigenvalue weighted by Gasteiger charge is 2.33. The number of amides is 2. The Labute approximate surface area is 183 Å². The first-order valence-corrected chi connectivity index (χ1v) is 11.2. The molecule has 2 heterocycles. The third-order valence-electron chi connectivity index (χ3n) is 5.74. The van der Waals surface area contributed by atoms with E-state index in [0.29, 0.717) is 23.1 Å². The van der Waals surface area contributed by atoms with Crippen molar-refractivity contribution >= 4 is 41.1 Å². The average molecular weight is 438 g/mol. The molecule has 0 unspecified atom stereocenters. The summed E-state index contributed by atoms with van der Waals surface area (Å²) in [5, 5.41) is 0.925. The second-order valence-electron chi connectivity index (χ2n) is 7.80. The van der Waals surface area contributed by atoms with Gasteiger partial charge in [-0.3, -0.25) is 9.59 Å². The minimum atomic E-state index is -0.440. The lowest BCUT2D eigenvalue weighted by molar-refractivity contribution is -0.148. The zero-order valence-electron chi connectivity index (χ0n) is 16.9. The Balaban J connectivity index is 1.49. The summed E-state index contributed by atoms with van der Waals surface area (Å²) in [6.45, 7) is 7.13. The van der Waals surface area contributed by atoms with E-state index in [2.05, 4.69) is 4.90 Å². The van der Waals surface area contributed by atoms with E-state index >= 15 is 0 Å². The van der Waals surface area contributed by atoms with Crippen molar-refractivity contribution in [3.8, 4) is 0 Å². The molecule has 0 radical (unpaired) electrons. The van der Waals surface area contributed by atoms with Gasteiger partial charge in [-0.2, -0.15) is 0 Å². The van der Waals surface area contributed by atoms with E-state index < -0.39 is 6.04 Å². The number of rotatable bonds is 6. The number of halogens is 2. The van der Waals surface area contributed by atoms with Gasteiger partial charge in [-0.1, -0.05) is 35.7 Å². The Morgan fingerprint density at radius 3 is 2.55 bits per heavy atom. The maximum Gasteiger partial charge on any atom is 0.247 e. The van der Waals surface area contributed by atoms with Crippen LogP contribution in [0.25, 0.3) is 6.08 Å². The molecule has 1 aromatic carbocycles. The van der Waals surface area contributed by atoms with Gasteiger partial charge < -0.3 is 14.7 Å². The average Bonchev–Trinajstić information content (AvgIpc) is 2.72. The number of benzene rings is 1. The normalized spacial score (nSPS) is 21.2. The number of carbonyl (C=O) groups is 2. The number of likely N-dealkylation sites (tertiary alicyclic amines) is 1. The quantitative estimate of drug-likeness (QED) is 0.632. The highest BCUT2D eigenvalue weighted by Crippen LogP contribution is 2.23. The van der Waals surface area contributed by atoms with Crippen molar-refractivity contribution in [2.75, 3.05) is 39.3 Å². The molecule has 0 saturated carbocycles. The van der Waals surface area contributed by atoms with Gasteiger partial charge in [0.1, 0.15) is 6.04 Å². The summed E-state index contributed by atoms with van der Waals surface area (Å²) < 4.78 is 0. The molecule has 1 aromatic rings. The summed E-state index contributed by atoms with van der Waals surface area (Å²) in [6.07, 6.45) is 8.09. The Hall–Kier alpha value is -1.56. The number of hydrogen-bond acceptors (Lipinski definition) is 3. The van der Waals surface area contributed by atoms with Gasteiger partial charge in [0.05, 0.1) is 10.0 Å². The highest BCUT2D eigenvalue weighted by molar-refractivity contribution is 6.42. The SMILES string of the molecule is C[C@@H]1C(=O)N(CCCN2CCCCC2)CCN1C(=O)/C=C/c1ccc(Cl)c(Cl)c1. The first kappa shape index (κ1) is 22.1. The molecule has 1 atom stereocenters. The standard InChI is InChI=1S/C22H29Cl2N3O2/c1-17-22(29)26(13-5-12-25-10-3-2-4-11-25)14-15-27(17)21(28)9-7-18-6-8-19(23)20(24)16-18/h6-9,16-17H,2-5,10-15H2,1H3/b9-7+/t17-/m1/s1. The molecule has 2 amide bonds. The van der Waals surface area contributed by atoms with E-state index in [0.717, 1.165) is 25.1 Å². The minimum absolute atomic E-state index is 0.0335. The van der Waals surface area contributed by atoms with Crippen molar-refractivity contribution in [3.05, 3.63) is 39.9 Å². The van der Waals surface area contributed by atoms with Crippen LogP contribution in [0, 0.1) is 0 Å². The molecular formula is C22H29Cl2N3O2. The molecule has 0 aliphatic carbocycles. The van der Waals surface area contributed by atoms with Crippen LogP contribution in [0.5, 0.6) is 0 Å². The molecule has 2 fully saturated rings. The summed E-state index contributed by atoms with van der Waals surface area (Å²) >= 11 is 11.9. The van der Waals surface area contributed by atoms with Crippen LogP contribution in [0.3, 0.4) is 0 Å². The Morgan fingerprint density at radius 1 is 1.07 bits per heavy atom. The van der Waals surface area contributed by atoms with Crippen LogP contribution in [0.15, 0.2) is 24.3 Å². The lowest BCUT2D eigenvalue weighted by Crippen LogP contribution is -2.57. The lowest BCUT2D eigenvalue weighted by Gasteiger charge is -2.39. The van der Waals surface area contributed by atoms with Gasteiger partial charge >= 0.3 is 0 Å². The van der Waals surface area contributed by atoms with Crippen molar-refractivity contribution in [3.63, 3.8) is 0 Å². The number of piperidine rings is 1. The maximum atomic E-state index is 12.7. The predicted molar refractivity (Wildman–Crippen MR) is 118 cm³/mol. The predicted octanol–water partition coefficient (Wildman–Crippen LogP) is 3.94. The van der Waals surface area contributed by atoms with Crippen LogP contribution in [0.4, 0.5) is 0 Å². The smallest absolute Gasteiger partial charge is 0.247 e. The van der Waals surface area contributed by atoms with Crippen LogP contribution in [0.2, 0.25) is 10.0 Å². The summed E-state index contributed by atoms with van der Waals surface area (Å²) in [6, 6.07) is 4.77. The molecule has 0 N–H and O–H groups in total. The van der Waals surface area contributed by atoms with E-state index in [9.17, 15) is 9.59 Å². The second-order valence-corrected chi connectivity index (χ2v) is 8.61. The molecule has 0 spiro atoms. The third-order valence-corrected chi connectivity index (χ3v) is 6.48. The van der Waals surface area contributed by atoms with Gasteiger partial charge in [0.2, 0.25) is 11.8 Å². The molecule has 2 aliphatic rings. The number of piperazine rings is 1. The van der Waals surface area contributed by atoms with Gasteiger partial charge in [-0.05, 0) is 69.6 Å². The van der Waals surface area contributed by atoms with Crippen LogP contribution < -0.4 is 0 Å². The molecule has 29 heavy (non-hydrogen) atoms. The maximum absolute atomic E-state index is 12.7. The van der Waals surface area contributed by atoms with Crippen molar-refractivity contribution in [2.45, 2.75) is 38.6 Å². The summed E-state index contributed by atoms with van der Waals surface area (Å²) in [7, 11) is 0. The van der Waals surface area contributed by atoms with E-state index in [1.165, 1.54) is 38.4 Å². The van der Waals surface area contributed by atoms with Gasteiger partial charge in [-0.15, -0.1) is 0 Å². The highest BCUT2D eigenvalue weighted by atomic mass is 35.5. The van der Waals surface area contributed by atoms with Crippen LogP contribution >= 0.6 is 23.2 Å². The molecule has 2 aliphatic heterocycles. The molecule has 0 bridgehead atoms.